The van der Waals surface area contributed by atoms with Crippen molar-refractivity contribution < 1.29 is 22.3 Å². The van der Waals surface area contributed by atoms with Crippen molar-refractivity contribution in [2.24, 2.45) is 4.99 Å². The Morgan fingerprint density at radius 3 is 2.70 bits per heavy atom. The van der Waals surface area contributed by atoms with Crippen LogP contribution in [0.5, 0.6) is 5.75 Å². The minimum absolute atomic E-state index is 0. The summed E-state index contributed by atoms with van der Waals surface area (Å²) in [5.74, 6) is 1.64. The number of oxazole rings is 1. The maximum Gasteiger partial charge on any atom is 0.391 e. The molecule has 3 rings (SSSR count). The van der Waals surface area contributed by atoms with Gasteiger partial charge in [0.1, 0.15) is 12.0 Å². The first kappa shape index (κ1) is 21.3. The van der Waals surface area contributed by atoms with E-state index in [1.165, 1.54) is 0 Å². The number of nitrogens with zero attached hydrogens (tertiary/aromatic N) is 2. The Morgan fingerprint density at radius 1 is 1.30 bits per heavy atom. The smallest absolute Gasteiger partial charge is 0.391 e. The van der Waals surface area contributed by atoms with Crippen molar-refractivity contribution in [1.29, 1.82) is 0 Å². The van der Waals surface area contributed by atoms with Crippen molar-refractivity contribution in [3.05, 3.63) is 36.2 Å². The lowest BCUT2D eigenvalue weighted by molar-refractivity contribution is -0.138. The van der Waals surface area contributed by atoms with Gasteiger partial charge < -0.3 is 19.8 Å². The van der Waals surface area contributed by atoms with Gasteiger partial charge in [-0.25, -0.2) is 4.98 Å². The number of benzene rings is 1. The number of methoxy groups -OCH3 is 1. The first-order valence-corrected chi connectivity index (χ1v) is 8.13. The molecule has 1 aliphatic heterocycles. The number of halogens is 4. The lowest BCUT2D eigenvalue weighted by Crippen LogP contribution is -2.41. The molecule has 0 aliphatic carbocycles. The second-order valence-electron chi connectivity index (χ2n) is 5.90. The zero-order valence-electron chi connectivity index (χ0n) is 14.5. The molecule has 2 aromatic rings. The SMILES string of the molecule is COc1ccc(-c2nc(CCNC3=NCC(CC(F)(F)F)N3)co2)cc1.I. The van der Waals surface area contributed by atoms with E-state index in [9.17, 15) is 13.2 Å². The Balaban J connectivity index is 0.00000261. The zero-order chi connectivity index (χ0) is 18.6. The topological polar surface area (TPSA) is 71.7 Å². The van der Waals surface area contributed by atoms with Crippen LogP contribution in [0.15, 0.2) is 39.9 Å². The van der Waals surface area contributed by atoms with Crippen molar-refractivity contribution in [1.82, 2.24) is 15.6 Å². The maximum absolute atomic E-state index is 12.4. The second-order valence-corrected chi connectivity index (χ2v) is 5.90. The highest BCUT2D eigenvalue weighted by atomic mass is 127. The number of rotatable bonds is 6. The Kier molecular flexibility index (Phi) is 7.33. The van der Waals surface area contributed by atoms with Gasteiger partial charge in [0.2, 0.25) is 5.89 Å². The number of aliphatic imine (C=N–C) groups is 1. The van der Waals surface area contributed by atoms with Gasteiger partial charge >= 0.3 is 6.18 Å². The molecule has 1 unspecified atom stereocenters. The molecule has 0 saturated carbocycles. The van der Waals surface area contributed by atoms with Crippen LogP contribution in [0.4, 0.5) is 13.2 Å². The first-order chi connectivity index (χ1) is 12.4. The molecule has 148 valence electrons. The van der Waals surface area contributed by atoms with Gasteiger partial charge in [-0.3, -0.25) is 4.99 Å². The monoisotopic (exact) mass is 496 g/mol. The van der Waals surface area contributed by atoms with Crippen LogP contribution in [0, 0.1) is 0 Å². The standard InChI is InChI=1S/C17H19F3N4O2.HI/c1-25-14-4-2-11(3-5-14)15-23-12(10-26-15)6-7-21-16-22-9-13(24-16)8-17(18,19)20;/h2-5,10,13H,6-9H2,1H3,(H2,21,22,24);1H. The van der Waals surface area contributed by atoms with Crippen LogP contribution in [-0.4, -0.2) is 43.4 Å². The van der Waals surface area contributed by atoms with E-state index in [0.717, 1.165) is 17.0 Å². The van der Waals surface area contributed by atoms with Crippen LogP contribution >= 0.6 is 24.0 Å². The highest BCUT2D eigenvalue weighted by Gasteiger charge is 2.33. The fourth-order valence-corrected chi connectivity index (χ4v) is 2.58. The number of guanidine groups is 1. The molecule has 1 atom stereocenters. The zero-order valence-corrected chi connectivity index (χ0v) is 16.9. The lowest BCUT2D eigenvalue weighted by Gasteiger charge is -2.14. The van der Waals surface area contributed by atoms with Crippen LogP contribution in [0.3, 0.4) is 0 Å². The Hall–Kier alpha value is -1.98. The summed E-state index contributed by atoms with van der Waals surface area (Å²) in [6, 6.07) is 6.64. The summed E-state index contributed by atoms with van der Waals surface area (Å²) in [7, 11) is 1.60. The molecule has 2 heterocycles. The summed E-state index contributed by atoms with van der Waals surface area (Å²) in [5.41, 5.74) is 1.58. The van der Waals surface area contributed by atoms with E-state index < -0.39 is 18.6 Å². The van der Waals surface area contributed by atoms with Gasteiger partial charge in [-0.1, -0.05) is 0 Å². The molecule has 1 aromatic heterocycles. The van der Waals surface area contributed by atoms with Gasteiger partial charge in [0.25, 0.3) is 0 Å². The normalized spacial score (nSPS) is 16.3. The van der Waals surface area contributed by atoms with Crippen LogP contribution in [0.1, 0.15) is 12.1 Å². The lowest BCUT2D eigenvalue weighted by atomic mass is 10.2. The van der Waals surface area contributed by atoms with E-state index in [1.807, 2.05) is 24.3 Å². The molecule has 0 bridgehead atoms. The number of nitrogens with one attached hydrogen (secondary N) is 2. The molecule has 0 radical (unpaired) electrons. The Labute approximate surface area is 171 Å². The molecule has 0 fully saturated rings. The number of hydrogen-bond donors (Lipinski definition) is 2. The molecule has 1 aliphatic rings. The third-order valence-corrected chi connectivity index (χ3v) is 3.85. The van der Waals surface area contributed by atoms with Crippen LogP contribution in [-0.2, 0) is 6.42 Å². The largest absolute Gasteiger partial charge is 0.497 e. The van der Waals surface area contributed by atoms with Crippen LogP contribution in [0.2, 0.25) is 0 Å². The van der Waals surface area contributed by atoms with Crippen molar-refractivity contribution >= 4 is 29.9 Å². The molecule has 0 saturated heterocycles. The summed E-state index contributed by atoms with van der Waals surface area (Å²) >= 11 is 0. The maximum atomic E-state index is 12.4. The average Bonchev–Trinajstić information content (AvgIpc) is 3.23. The third kappa shape index (κ3) is 6.29. The minimum atomic E-state index is -4.19. The summed E-state index contributed by atoms with van der Waals surface area (Å²) in [5, 5.41) is 5.72. The van der Waals surface area contributed by atoms with Crippen molar-refractivity contribution in [2.75, 3.05) is 20.2 Å². The highest BCUT2D eigenvalue weighted by molar-refractivity contribution is 14.0. The molecule has 27 heavy (non-hydrogen) atoms. The summed E-state index contributed by atoms with van der Waals surface area (Å²) in [6.07, 6.45) is -2.96. The van der Waals surface area contributed by atoms with Crippen LogP contribution in [0.25, 0.3) is 11.5 Å². The molecular weight excluding hydrogens is 476 g/mol. The molecule has 1 aromatic carbocycles. The fraction of sp³-hybridized carbons (Fsp3) is 0.412. The predicted molar refractivity (Wildman–Crippen MR) is 106 cm³/mol. The number of aromatic nitrogens is 1. The van der Waals surface area contributed by atoms with Gasteiger partial charge in [-0.15, -0.1) is 24.0 Å². The minimum Gasteiger partial charge on any atom is -0.497 e. The van der Waals surface area contributed by atoms with Gasteiger partial charge in [0, 0.05) is 18.5 Å². The van der Waals surface area contributed by atoms with Gasteiger partial charge in [-0.05, 0) is 24.3 Å². The van der Waals surface area contributed by atoms with E-state index in [1.54, 1.807) is 13.4 Å². The summed E-state index contributed by atoms with van der Waals surface area (Å²) in [6.45, 7) is 0.604. The molecule has 10 heteroatoms. The molecule has 6 nitrogen and oxygen atoms in total. The molecule has 2 N–H and O–H groups in total. The van der Waals surface area contributed by atoms with E-state index in [2.05, 4.69) is 20.6 Å². The number of hydrogen-bond acceptors (Lipinski definition) is 6. The number of alkyl halides is 3. The van der Waals surface area contributed by atoms with E-state index in [4.69, 9.17) is 9.15 Å². The third-order valence-electron chi connectivity index (χ3n) is 3.85. The first-order valence-electron chi connectivity index (χ1n) is 8.13. The Bertz CT molecular complexity index is 762. The van der Waals surface area contributed by atoms with Crippen molar-refractivity contribution in [3.63, 3.8) is 0 Å². The predicted octanol–water partition coefficient (Wildman–Crippen LogP) is 3.38. The van der Waals surface area contributed by atoms with Crippen LogP contribution < -0.4 is 15.4 Å². The molecule has 0 spiro atoms. The van der Waals surface area contributed by atoms with E-state index >= 15 is 0 Å². The highest BCUT2D eigenvalue weighted by Crippen LogP contribution is 2.23. The second kappa shape index (κ2) is 9.29. The average molecular weight is 496 g/mol. The molecular formula is C17H20F3IN4O2. The van der Waals surface area contributed by atoms with Gasteiger partial charge in [0.05, 0.1) is 31.8 Å². The molecule has 0 amide bonds. The quantitative estimate of drug-likeness (QED) is 0.601. The Morgan fingerprint density at radius 2 is 2.04 bits per heavy atom. The van der Waals surface area contributed by atoms with Crippen molar-refractivity contribution in [3.8, 4) is 17.2 Å². The van der Waals surface area contributed by atoms with Crippen molar-refractivity contribution in [2.45, 2.75) is 25.1 Å². The summed E-state index contributed by atoms with van der Waals surface area (Å²) < 4.78 is 47.6. The van der Waals surface area contributed by atoms with Gasteiger partial charge in [-0.2, -0.15) is 13.2 Å². The van der Waals surface area contributed by atoms with E-state index in [-0.39, 0.29) is 30.5 Å². The number of ether oxygens (including phenoxy) is 1. The summed E-state index contributed by atoms with van der Waals surface area (Å²) in [4.78, 5) is 8.45. The van der Waals surface area contributed by atoms with E-state index in [0.29, 0.717) is 24.8 Å². The van der Waals surface area contributed by atoms with Gasteiger partial charge in [0.15, 0.2) is 5.96 Å². The fourth-order valence-electron chi connectivity index (χ4n) is 2.58.